The van der Waals surface area contributed by atoms with Gasteiger partial charge in [-0.05, 0) is 13.3 Å². The van der Waals surface area contributed by atoms with Gasteiger partial charge < -0.3 is 10.2 Å². The molecule has 1 amide bonds. The van der Waals surface area contributed by atoms with Crippen LogP contribution in [0.15, 0.2) is 18.3 Å². The predicted octanol–water partition coefficient (Wildman–Crippen LogP) is 1.07. The number of likely N-dealkylation sites (N-methyl/N-ethyl adjacent to an activating group) is 1. The fraction of sp³-hybridized carbons (Fsp3) is 0.462. The summed E-state index contributed by atoms with van der Waals surface area (Å²) in [7, 11) is 1.84. The molecule has 100 valence electrons. The predicted molar refractivity (Wildman–Crippen MR) is 72.0 cm³/mol. The summed E-state index contributed by atoms with van der Waals surface area (Å²) >= 11 is 0. The van der Waals surface area contributed by atoms with E-state index in [0.717, 1.165) is 30.1 Å². The normalized spacial score (nSPS) is 20.0. The molecule has 1 fully saturated rings. The highest BCUT2D eigenvalue weighted by Gasteiger charge is 2.23. The van der Waals surface area contributed by atoms with Crippen molar-refractivity contribution in [2.75, 3.05) is 18.9 Å². The lowest BCUT2D eigenvalue weighted by atomic mass is 10.1. The fourth-order valence-corrected chi connectivity index (χ4v) is 2.48. The molecule has 2 aromatic heterocycles. The molecule has 6 nitrogen and oxygen atoms in total. The van der Waals surface area contributed by atoms with Crippen molar-refractivity contribution >= 4 is 17.4 Å². The molecule has 2 aromatic rings. The Morgan fingerprint density at radius 3 is 3.11 bits per heavy atom. The second kappa shape index (κ2) is 4.53. The SMILES string of the molecule is Cc1cc(N[C@@H]2CCC(=O)N(C)C2)n2nccc2n1. The van der Waals surface area contributed by atoms with Gasteiger partial charge in [-0.2, -0.15) is 9.61 Å². The standard InChI is InChI=1S/C13H17N5O/c1-9-7-12(18-11(15-9)5-6-14-18)16-10-3-4-13(19)17(2)8-10/h5-7,10,16H,3-4,8H2,1-2H3/t10-/m1/s1. The molecule has 1 aliphatic rings. The first-order valence-electron chi connectivity index (χ1n) is 6.45. The van der Waals surface area contributed by atoms with Gasteiger partial charge in [0, 0.05) is 43.9 Å². The first-order chi connectivity index (χ1) is 9.13. The minimum atomic E-state index is 0.216. The van der Waals surface area contributed by atoms with Crippen molar-refractivity contribution in [2.24, 2.45) is 0 Å². The zero-order valence-electron chi connectivity index (χ0n) is 11.1. The van der Waals surface area contributed by atoms with Crippen molar-refractivity contribution in [1.29, 1.82) is 0 Å². The Labute approximate surface area is 111 Å². The number of amides is 1. The number of hydrogen-bond acceptors (Lipinski definition) is 4. The van der Waals surface area contributed by atoms with Gasteiger partial charge in [0.1, 0.15) is 5.82 Å². The number of likely N-dealkylation sites (tertiary alicyclic amines) is 1. The molecule has 19 heavy (non-hydrogen) atoms. The van der Waals surface area contributed by atoms with E-state index in [9.17, 15) is 4.79 Å². The number of hydrogen-bond donors (Lipinski definition) is 1. The third-order valence-corrected chi connectivity index (χ3v) is 3.47. The number of anilines is 1. The number of carbonyl (C=O) groups excluding carboxylic acids is 1. The number of piperidine rings is 1. The summed E-state index contributed by atoms with van der Waals surface area (Å²) in [5.74, 6) is 1.15. The summed E-state index contributed by atoms with van der Waals surface area (Å²) in [6.07, 6.45) is 3.19. The number of nitrogens with one attached hydrogen (secondary N) is 1. The fourth-order valence-electron chi connectivity index (χ4n) is 2.48. The Balaban J connectivity index is 1.85. The van der Waals surface area contributed by atoms with Gasteiger partial charge in [-0.1, -0.05) is 0 Å². The zero-order chi connectivity index (χ0) is 13.4. The third kappa shape index (κ3) is 2.25. The minimum Gasteiger partial charge on any atom is -0.365 e. The molecule has 0 radical (unpaired) electrons. The highest BCUT2D eigenvalue weighted by molar-refractivity contribution is 5.77. The number of rotatable bonds is 2. The summed E-state index contributed by atoms with van der Waals surface area (Å²) < 4.78 is 1.80. The van der Waals surface area contributed by atoms with Gasteiger partial charge in [0.05, 0.1) is 6.20 Å². The van der Waals surface area contributed by atoms with Crippen molar-refractivity contribution in [3.8, 4) is 0 Å². The van der Waals surface area contributed by atoms with E-state index in [4.69, 9.17) is 0 Å². The van der Waals surface area contributed by atoms with Crippen LogP contribution in [-0.2, 0) is 4.79 Å². The Bertz CT molecular complexity index is 621. The monoisotopic (exact) mass is 259 g/mol. The van der Waals surface area contributed by atoms with E-state index in [1.807, 2.05) is 26.1 Å². The molecule has 0 aromatic carbocycles. The summed E-state index contributed by atoms with van der Waals surface area (Å²) in [5, 5.41) is 7.74. The molecule has 0 aliphatic carbocycles. The summed E-state index contributed by atoms with van der Waals surface area (Å²) in [4.78, 5) is 17.7. The smallest absolute Gasteiger partial charge is 0.222 e. The number of aryl methyl sites for hydroxylation is 1. The average molecular weight is 259 g/mol. The van der Waals surface area contributed by atoms with Crippen LogP contribution in [0.3, 0.4) is 0 Å². The molecule has 1 N–H and O–H groups in total. The summed E-state index contributed by atoms with van der Waals surface area (Å²) in [5.41, 5.74) is 1.79. The van der Waals surface area contributed by atoms with Crippen LogP contribution >= 0.6 is 0 Å². The Morgan fingerprint density at radius 2 is 2.32 bits per heavy atom. The number of nitrogens with zero attached hydrogens (tertiary/aromatic N) is 4. The summed E-state index contributed by atoms with van der Waals surface area (Å²) in [6, 6.07) is 4.13. The van der Waals surface area contributed by atoms with Crippen LogP contribution in [0.5, 0.6) is 0 Å². The number of aromatic nitrogens is 3. The van der Waals surface area contributed by atoms with Gasteiger partial charge >= 0.3 is 0 Å². The van der Waals surface area contributed by atoms with Crippen molar-refractivity contribution in [1.82, 2.24) is 19.5 Å². The number of fused-ring (bicyclic) bond motifs is 1. The summed E-state index contributed by atoms with van der Waals surface area (Å²) in [6.45, 7) is 2.69. The molecule has 1 saturated heterocycles. The van der Waals surface area contributed by atoms with Gasteiger partial charge in [0.25, 0.3) is 0 Å². The topological polar surface area (TPSA) is 62.5 Å². The van der Waals surface area contributed by atoms with Crippen molar-refractivity contribution < 1.29 is 4.79 Å². The van der Waals surface area contributed by atoms with Crippen LogP contribution < -0.4 is 5.32 Å². The van der Waals surface area contributed by atoms with Gasteiger partial charge in [-0.15, -0.1) is 0 Å². The lowest BCUT2D eigenvalue weighted by Gasteiger charge is -2.30. The quantitative estimate of drug-likeness (QED) is 0.876. The molecule has 1 aliphatic heterocycles. The molecular formula is C13H17N5O. The van der Waals surface area contributed by atoms with E-state index >= 15 is 0 Å². The lowest BCUT2D eigenvalue weighted by Crippen LogP contribution is -2.43. The molecule has 6 heteroatoms. The zero-order valence-corrected chi connectivity index (χ0v) is 11.1. The molecule has 3 heterocycles. The van der Waals surface area contributed by atoms with Crippen LogP contribution in [0.25, 0.3) is 5.65 Å². The Kier molecular flexibility index (Phi) is 2.85. The molecule has 3 rings (SSSR count). The molecule has 0 unspecified atom stereocenters. The number of carbonyl (C=O) groups is 1. The molecule has 0 bridgehead atoms. The van der Waals surface area contributed by atoms with Gasteiger partial charge in [-0.25, -0.2) is 4.98 Å². The van der Waals surface area contributed by atoms with E-state index in [0.29, 0.717) is 6.42 Å². The Morgan fingerprint density at radius 1 is 1.47 bits per heavy atom. The largest absolute Gasteiger partial charge is 0.365 e. The average Bonchev–Trinajstić information content (AvgIpc) is 2.82. The second-order valence-corrected chi connectivity index (χ2v) is 5.04. The minimum absolute atomic E-state index is 0.216. The molecule has 0 saturated carbocycles. The highest BCUT2D eigenvalue weighted by Crippen LogP contribution is 2.17. The maximum atomic E-state index is 11.5. The van der Waals surface area contributed by atoms with Crippen molar-refractivity contribution in [2.45, 2.75) is 25.8 Å². The van der Waals surface area contributed by atoms with Crippen LogP contribution in [0.4, 0.5) is 5.82 Å². The van der Waals surface area contributed by atoms with E-state index in [-0.39, 0.29) is 11.9 Å². The van der Waals surface area contributed by atoms with Gasteiger partial charge in [0.15, 0.2) is 5.65 Å². The van der Waals surface area contributed by atoms with E-state index in [1.165, 1.54) is 0 Å². The molecule has 1 atom stereocenters. The second-order valence-electron chi connectivity index (χ2n) is 5.04. The maximum Gasteiger partial charge on any atom is 0.222 e. The maximum absolute atomic E-state index is 11.5. The third-order valence-electron chi connectivity index (χ3n) is 3.47. The highest BCUT2D eigenvalue weighted by atomic mass is 16.2. The van der Waals surface area contributed by atoms with E-state index < -0.39 is 0 Å². The van der Waals surface area contributed by atoms with Crippen LogP contribution in [0, 0.1) is 6.92 Å². The van der Waals surface area contributed by atoms with E-state index in [2.05, 4.69) is 15.4 Å². The van der Waals surface area contributed by atoms with Crippen LogP contribution in [-0.4, -0.2) is 45.0 Å². The molecule has 0 spiro atoms. The van der Waals surface area contributed by atoms with Crippen LogP contribution in [0.2, 0.25) is 0 Å². The van der Waals surface area contributed by atoms with Crippen molar-refractivity contribution in [3.05, 3.63) is 24.0 Å². The first kappa shape index (κ1) is 12.0. The molecular weight excluding hydrogens is 242 g/mol. The lowest BCUT2D eigenvalue weighted by molar-refractivity contribution is -0.132. The van der Waals surface area contributed by atoms with Gasteiger partial charge in [0.2, 0.25) is 5.91 Å². The van der Waals surface area contributed by atoms with Crippen LogP contribution in [0.1, 0.15) is 18.5 Å². The first-order valence-corrected chi connectivity index (χ1v) is 6.45. The van der Waals surface area contributed by atoms with E-state index in [1.54, 1.807) is 15.6 Å². The Hall–Kier alpha value is -2.11. The van der Waals surface area contributed by atoms with Crippen molar-refractivity contribution in [3.63, 3.8) is 0 Å². The van der Waals surface area contributed by atoms with Gasteiger partial charge in [-0.3, -0.25) is 4.79 Å².